The van der Waals surface area contributed by atoms with Crippen LogP contribution in [-0.4, -0.2) is 25.7 Å². The Morgan fingerprint density at radius 2 is 1.66 bits per heavy atom. The Hall–Kier alpha value is -3.45. The zero-order valence-electron chi connectivity index (χ0n) is 15.0. The SMILES string of the molecule is O=C(O)c1nc(Br)c2c(cc(-c3ccccc3)c(=O)n2Cc2ccccc2)c1O. The van der Waals surface area contributed by atoms with E-state index in [-0.39, 0.29) is 22.1 Å². The Labute approximate surface area is 173 Å². The lowest BCUT2D eigenvalue weighted by Crippen LogP contribution is -2.23. The van der Waals surface area contributed by atoms with Crippen molar-refractivity contribution in [3.63, 3.8) is 0 Å². The van der Waals surface area contributed by atoms with Gasteiger partial charge in [0.05, 0.1) is 12.1 Å². The molecule has 144 valence electrons. The third kappa shape index (κ3) is 3.40. The molecule has 0 bridgehead atoms. The summed E-state index contributed by atoms with van der Waals surface area (Å²) in [6.07, 6.45) is 0. The van der Waals surface area contributed by atoms with Crippen molar-refractivity contribution in [3.05, 3.63) is 92.9 Å². The van der Waals surface area contributed by atoms with E-state index in [1.54, 1.807) is 12.1 Å². The van der Waals surface area contributed by atoms with E-state index in [9.17, 15) is 19.8 Å². The number of hydrogen-bond acceptors (Lipinski definition) is 4. The largest absolute Gasteiger partial charge is 0.505 e. The predicted molar refractivity (Wildman–Crippen MR) is 113 cm³/mol. The molecule has 6 nitrogen and oxygen atoms in total. The molecule has 0 saturated carbocycles. The Balaban J connectivity index is 2.10. The van der Waals surface area contributed by atoms with E-state index in [1.165, 1.54) is 10.6 Å². The lowest BCUT2D eigenvalue weighted by atomic mass is 10.0. The van der Waals surface area contributed by atoms with Gasteiger partial charge in [-0.05, 0) is 33.1 Å². The van der Waals surface area contributed by atoms with E-state index in [2.05, 4.69) is 20.9 Å². The van der Waals surface area contributed by atoms with Crippen molar-refractivity contribution < 1.29 is 15.0 Å². The number of fused-ring (bicyclic) bond motifs is 1. The first-order valence-electron chi connectivity index (χ1n) is 8.76. The number of hydrogen-bond donors (Lipinski definition) is 2. The minimum atomic E-state index is -1.35. The summed E-state index contributed by atoms with van der Waals surface area (Å²) in [5, 5.41) is 20.2. The molecule has 0 aliphatic carbocycles. The average Bonchev–Trinajstić information content (AvgIpc) is 2.73. The second-order valence-electron chi connectivity index (χ2n) is 6.47. The van der Waals surface area contributed by atoms with Gasteiger partial charge in [0.25, 0.3) is 5.56 Å². The molecule has 0 saturated heterocycles. The standard InChI is InChI=1S/C22H15BrN2O4/c23-20-18-16(19(26)17(24-20)22(28)29)11-15(14-9-5-2-6-10-14)21(27)25(18)12-13-7-3-1-4-8-13/h1-11,26H,12H2,(H,28,29). The van der Waals surface area contributed by atoms with Crippen LogP contribution in [0.1, 0.15) is 16.1 Å². The third-order valence-corrected chi connectivity index (χ3v) is 5.20. The van der Waals surface area contributed by atoms with E-state index in [0.717, 1.165) is 5.56 Å². The minimum absolute atomic E-state index is 0.176. The summed E-state index contributed by atoms with van der Waals surface area (Å²) in [6.45, 7) is 0.239. The van der Waals surface area contributed by atoms with E-state index < -0.39 is 17.4 Å². The maximum Gasteiger partial charge on any atom is 0.358 e. The monoisotopic (exact) mass is 450 g/mol. The maximum absolute atomic E-state index is 13.4. The highest BCUT2D eigenvalue weighted by atomic mass is 79.9. The number of nitrogens with zero attached hydrogens (tertiary/aromatic N) is 2. The van der Waals surface area contributed by atoms with Crippen LogP contribution >= 0.6 is 15.9 Å². The number of halogens is 1. The summed E-state index contributed by atoms with van der Waals surface area (Å²) in [7, 11) is 0. The molecular formula is C22H15BrN2O4. The number of rotatable bonds is 4. The molecule has 4 aromatic rings. The Bertz CT molecular complexity index is 1290. The predicted octanol–water partition coefficient (Wildman–Crippen LogP) is 4.28. The summed E-state index contributed by atoms with van der Waals surface area (Å²) in [6, 6.07) is 20.0. The fourth-order valence-corrected chi connectivity index (χ4v) is 3.90. The number of carbonyl (C=O) groups is 1. The number of carboxylic acids is 1. The summed E-state index contributed by atoms with van der Waals surface area (Å²) < 4.78 is 1.67. The van der Waals surface area contributed by atoms with Crippen LogP contribution in [0.5, 0.6) is 5.75 Å². The summed E-state index contributed by atoms with van der Waals surface area (Å²) >= 11 is 3.28. The lowest BCUT2D eigenvalue weighted by Gasteiger charge is -2.16. The first-order chi connectivity index (χ1) is 14.0. The van der Waals surface area contributed by atoms with Crippen molar-refractivity contribution >= 4 is 32.8 Å². The molecule has 2 aromatic heterocycles. The molecule has 7 heteroatoms. The van der Waals surface area contributed by atoms with Gasteiger partial charge in [0, 0.05) is 10.9 Å². The van der Waals surface area contributed by atoms with Gasteiger partial charge in [-0.3, -0.25) is 4.79 Å². The van der Waals surface area contributed by atoms with Crippen LogP contribution in [0.4, 0.5) is 0 Å². The molecule has 0 unspecified atom stereocenters. The molecular weight excluding hydrogens is 436 g/mol. The van der Waals surface area contributed by atoms with Gasteiger partial charge in [-0.25, -0.2) is 9.78 Å². The number of pyridine rings is 2. The second-order valence-corrected chi connectivity index (χ2v) is 7.22. The molecule has 4 rings (SSSR count). The maximum atomic E-state index is 13.4. The van der Waals surface area contributed by atoms with E-state index in [0.29, 0.717) is 16.6 Å². The smallest absolute Gasteiger partial charge is 0.358 e. The zero-order chi connectivity index (χ0) is 20.5. The fraction of sp³-hybridized carbons (Fsp3) is 0.0455. The molecule has 0 aliphatic rings. The van der Waals surface area contributed by atoms with Crippen LogP contribution < -0.4 is 5.56 Å². The summed E-state index contributed by atoms with van der Waals surface area (Å²) in [5.41, 5.74) is 1.51. The highest BCUT2D eigenvalue weighted by molar-refractivity contribution is 9.10. The second kappa shape index (κ2) is 7.52. The van der Waals surface area contributed by atoms with Crippen molar-refractivity contribution in [1.82, 2.24) is 9.55 Å². The molecule has 0 spiro atoms. The minimum Gasteiger partial charge on any atom is -0.505 e. The topological polar surface area (TPSA) is 92.4 Å². The normalized spacial score (nSPS) is 10.9. The molecule has 0 radical (unpaired) electrons. The van der Waals surface area contributed by atoms with Crippen molar-refractivity contribution in [2.45, 2.75) is 6.54 Å². The van der Waals surface area contributed by atoms with Crippen molar-refractivity contribution in [2.75, 3.05) is 0 Å². The van der Waals surface area contributed by atoms with Gasteiger partial charge in [0.1, 0.15) is 4.60 Å². The van der Waals surface area contributed by atoms with E-state index in [4.69, 9.17) is 0 Å². The summed E-state index contributed by atoms with van der Waals surface area (Å²) in [4.78, 5) is 28.8. The van der Waals surface area contributed by atoms with Crippen molar-refractivity contribution in [3.8, 4) is 16.9 Å². The Kier molecular flexibility index (Phi) is 4.90. The van der Waals surface area contributed by atoms with Gasteiger partial charge in [-0.15, -0.1) is 0 Å². The van der Waals surface area contributed by atoms with Gasteiger partial charge in [0.15, 0.2) is 11.4 Å². The number of benzene rings is 2. The van der Waals surface area contributed by atoms with Crippen LogP contribution in [0.2, 0.25) is 0 Å². The number of aromatic hydroxyl groups is 1. The third-order valence-electron chi connectivity index (χ3n) is 4.64. The molecule has 0 amide bonds. The highest BCUT2D eigenvalue weighted by Gasteiger charge is 2.22. The number of carboxylic acid groups (broad SMARTS) is 1. The molecule has 29 heavy (non-hydrogen) atoms. The van der Waals surface area contributed by atoms with Crippen molar-refractivity contribution in [1.29, 1.82) is 0 Å². The lowest BCUT2D eigenvalue weighted by molar-refractivity contribution is 0.0687. The quantitative estimate of drug-likeness (QED) is 0.452. The zero-order valence-corrected chi connectivity index (χ0v) is 16.6. The van der Waals surface area contributed by atoms with Gasteiger partial charge in [-0.1, -0.05) is 60.7 Å². The molecule has 0 fully saturated rings. The van der Waals surface area contributed by atoms with Gasteiger partial charge >= 0.3 is 5.97 Å². The van der Waals surface area contributed by atoms with Crippen LogP contribution in [0.25, 0.3) is 22.0 Å². The van der Waals surface area contributed by atoms with Crippen LogP contribution in [0.15, 0.2) is 76.1 Å². The average molecular weight is 451 g/mol. The van der Waals surface area contributed by atoms with E-state index in [1.807, 2.05) is 48.5 Å². The van der Waals surface area contributed by atoms with Gasteiger partial charge in [0.2, 0.25) is 0 Å². The Morgan fingerprint density at radius 3 is 2.28 bits per heavy atom. The Morgan fingerprint density at radius 1 is 1.03 bits per heavy atom. The molecule has 2 aromatic carbocycles. The number of aromatic nitrogens is 2. The molecule has 2 N–H and O–H groups in total. The molecule has 0 atom stereocenters. The highest BCUT2D eigenvalue weighted by Crippen LogP contribution is 2.34. The first-order valence-corrected chi connectivity index (χ1v) is 9.55. The summed E-state index contributed by atoms with van der Waals surface area (Å²) in [5.74, 6) is -1.83. The van der Waals surface area contributed by atoms with Crippen LogP contribution in [0, 0.1) is 0 Å². The van der Waals surface area contributed by atoms with Crippen LogP contribution in [0.3, 0.4) is 0 Å². The first kappa shape index (κ1) is 18.9. The number of aromatic carboxylic acids is 1. The van der Waals surface area contributed by atoms with Gasteiger partial charge in [-0.2, -0.15) is 0 Å². The van der Waals surface area contributed by atoms with Gasteiger partial charge < -0.3 is 14.8 Å². The fourth-order valence-electron chi connectivity index (χ4n) is 3.29. The molecule has 2 heterocycles. The van der Waals surface area contributed by atoms with Crippen LogP contribution in [-0.2, 0) is 6.54 Å². The van der Waals surface area contributed by atoms with Crippen molar-refractivity contribution in [2.24, 2.45) is 0 Å². The molecule has 0 aliphatic heterocycles. The van der Waals surface area contributed by atoms with E-state index >= 15 is 0 Å².